The van der Waals surface area contributed by atoms with Crippen LogP contribution < -0.4 is 4.72 Å². The number of carbonyl (C=O) groups excluding carboxylic acids is 2. The van der Waals surface area contributed by atoms with E-state index >= 15 is 0 Å². The summed E-state index contributed by atoms with van der Waals surface area (Å²) in [5.41, 5.74) is 0.628. The number of nitrogens with one attached hydrogen (secondary N) is 1. The van der Waals surface area contributed by atoms with Gasteiger partial charge >= 0.3 is 0 Å². The molecule has 2 aliphatic rings. The lowest BCUT2D eigenvalue weighted by molar-refractivity contribution is -0.130. The van der Waals surface area contributed by atoms with E-state index in [2.05, 4.69) is 9.62 Å². The van der Waals surface area contributed by atoms with E-state index in [0.717, 1.165) is 38.9 Å². The molecule has 0 bridgehead atoms. The molecule has 1 N–H and O–H groups in total. The van der Waals surface area contributed by atoms with Crippen molar-refractivity contribution in [2.75, 3.05) is 52.1 Å². The standard InChI is InChI=1S/C23H32ClFN4O4S/c1-34(32,33)26-19-7-12-27(13-8-19)10-2-11-28-15-16-29(14-9-23(28)31)22(30)6-4-18-3-5-21(25)20(24)17-18/h3-6,17,19,26H,2,7-16H2,1H3. The van der Waals surface area contributed by atoms with Crippen LogP contribution in [0.1, 0.15) is 31.2 Å². The van der Waals surface area contributed by atoms with Gasteiger partial charge < -0.3 is 14.7 Å². The van der Waals surface area contributed by atoms with Crippen molar-refractivity contribution in [3.05, 3.63) is 40.7 Å². The molecule has 0 spiro atoms. The minimum atomic E-state index is -3.18. The molecule has 2 aliphatic heterocycles. The Bertz CT molecular complexity index is 1010. The second kappa shape index (κ2) is 12.1. The van der Waals surface area contributed by atoms with Crippen molar-refractivity contribution in [1.29, 1.82) is 0 Å². The van der Waals surface area contributed by atoms with E-state index in [-0.39, 0.29) is 29.3 Å². The molecule has 8 nitrogen and oxygen atoms in total. The maximum Gasteiger partial charge on any atom is 0.246 e. The summed E-state index contributed by atoms with van der Waals surface area (Å²) >= 11 is 5.78. The van der Waals surface area contributed by atoms with Crippen molar-refractivity contribution in [1.82, 2.24) is 19.4 Å². The summed E-state index contributed by atoms with van der Waals surface area (Å²) in [4.78, 5) is 30.9. The van der Waals surface area contributed by atoms with Gasteiger partial charge in [-0.15, -0.1) is 0 Å². The van der Waals surface area contributed by atoms with Crippen LogP contribution in [0.5, 0.6) is 0 Å². The number of hydrogen-bond donors (Lipinski definition) is 1. The minimum absolute atomic E-state index is 0.000511. The van der Waals surface area contributed by atoms with Crippen molar-refractivity contribution < 1.29 is 22.4 Å². The fourth-order valence-corrected chi connectivity index (χ4v) is 5.31. The van der Waals surface area contributed by atoms with Crippen LogP contribution in [0.4, 0.5) is 4.39 Å². The Balaban J connectivity index is 1.41. The van der Waals surface area contributed by atoms with Gasteiger partial charge in [-0.05, 0) is 62.7 Å². The zero-order valence-corrected chi connectivity index (χ0v) is 21.0. The summed E-state index contributed by atoms with van der Waals surface area (Å²) in [6, 6.07) is 4.25. The SMILES string of the molecule is CS(=O)(=O)NC1CCN(CCCN2CCN(C(=O)C=Cc3ccc(F)c(Cl)c3)CCC2=O)CC1. The second-order valence-corrected chi connectivity index (χ2v) is 11.0. The third kappa shape index (κ3) is 8.33. The molecule has 11 heteroatoms. The van der Waals surface area contributed by atoms with Crippen molar-refractivity contribution in [3.63, 3.8) is 0 Å². The molecule has 34 heavy (non-hydrogen) atoms. The molecular formula is C23H32ClFN4O4S. The van der Waals surface area contributed by atoms with Gasteiger partial charge in [-0.3, -0.25) is 9.59 Å². The van der Waals surface area contributed by atoms with Crippen LogP contribution in [0, 0.1) is 5.82 Å². The number of piperidine rings is 1. The van der Waals surface area contributed by atoms with Crippen molar-refractivity contribution in [3.8, 4) is 0 Å². The highest BCUT2D eigenvalue weighted by molar-refractivity contribution is 7.88. The number of amides is 2. The van der Waals surface area contributed by atoms with Gasteiger partial charge in [-0.1, -0.05) is 17.7 Å². The first-order valence-electron chi connectivity index (χ1n) is 11.5. The van der Waals surface area contributed by atoms with Crippen LogP contribution >= 0.6 is 11.6 Å². The molecular weight excluding hydrogens is 483 g/mol. The van der Waals surface area contributed by atoms with E-state index in [1.807, 2.05) is 4.90 Å². The zero-order chi connectivity index (χ0) is 24.7. The predicted octanol–water partition coefficient (Wildman–Crippen LogP) is 1.96. The Kier molecular flexibility index (Phi) is 9.47. The Morgan fingerprint density at radius 1 is 1.18 bits per heavy atom. The molecule has 0 saturated carbocycles. The highest BCUT2D eigenvalue weighted by atomic mass is 35.5. The van der Waals surface area contributed by atoms with E-state index in [1.54, 1.807) is 17.0 Å². The number of nitrogens with zero attached hydrogens (tertiary/aromatic N) is 3. The summed E-state index contributed by atoms with van der Waals surface area (Å²) in [5.74, 6) is -0.661. The van der Waals surface area contributed by atoms with Gasteiger partial charge in [0, 0.05) is 44.7 Å². The van der Waals surface area contributed by atoms with Crippen molar-refractivity contribution in [2.24, 2.45) is 0 Å². The first-order chi connectivity index (χ1) is 16.1. The molecule has 2 saturated heterocycles. The quantitative estimate of drug-likeness (QED) is 0.536. The average molecular weight is 515 g/mol. The van der Waals surface area contributed by atoms with E-state index < -0.39 is 15.8 Å². The monoisotopic (exact) mass is 514 g/mol. The molecule has 2 heterocycles. The number of rotatable bonds is 8. The van der Waals surface area contributed by atoms with Crippen LogP contribution in [0.2, 0.25) is 5.02 Å². The largest absolute Gasteiger partial charge is 0.341 e. The average Bonchev–Trinajstić information content (AvgIpc) is 2.96. The van der Waals surface area contributed by atoms with Crippen molar-refractivity contribution >= 4 is 39.5 Å². The fourth-order valence-electron chi connectivity index (χ4n) is 4.27. The number of halogens is 2. The Morgan fingerprint density at radius 3 is 2.59 bits per heavy atom. The maximum absolute atomic E-state index is 13.3. The Labute approximate surface area is 205 Å². The third-order valence-corrected chi connectivity index (χ3v) is 7.18. The topological polar surface area (TPSA) is 90.0 Å². The lowest BCUT2D eigenvalue weighted by Crippen LogP contribution is -2.45. The first-order valence-corrected chi connectivity index (χ1v) is 13.8. The molecule has 0 unspecified atom stereocenters. The molecule has 0 radical (unpaired) electrons. The van der Waals surface area contributed by atoms with Crippen LogP contribution in [-0.4, -0.2) is 93.0 Å². The summed E-state index contributed by atoms with van der Waals surface area (Å²) in [6.45, 7) is 4.45. The molecule has 2 amide bonds. The Hall–Kier alpha value is -2.01. The van der Waals surface area contributed by atoms with E-state index in [4.69, 9.17) is 11.6 Å². The lowest BCUT2D eigenvalue weighted by atomic mass is 10.1. The molecule has 1 aromatic carbocycles. The Morgan fingerprint density at radius 2 is 1.91 bits per heavy atom. The van der Waals surface area contributed by atoms with Crippen LogP contribution in [-0.2, 0) is 19.6 Å². The number of likely N-dealkylation sites (tertiary alicyclic amines) is 1. The van der Waals surface area contributed by atoms with Gasteiger partial charge in [0.1, 0.15) is 5.82 Å². The summed E-state index contributed by atoms with van der Waals surface area (Å²) in [6.07, 6.45) is 6.87. The van der Waals surface area contributed by atoms with Gasteiger partial charge in [-0.2, -0.15) is 0 Å². The smallest absolute Gasteiger partial charge is 0.246 e. The van der Waals surface area contributed by atoms with E-state index in [9.17, 15) is 22.4 Å². The summed E-state index contributed by atoms with van der Waals surface area (Å²) < 4.78 is 38.7. The molecule has 0 atom stereocenters. The van der Waals surface area contributed by atoms with Crippen molar-refractivity contribution in [2.45, 2.75) is 31.7 Å². The van der Waals surface area contributed by atoms with Gasteiger partial charge in [0.05, 0.1) is 11.3 Å². The first kappa shape index (κ1) is 26.6. The van der Waals surface area contributed by atoms with Crippen LogP contribution in [0.25, 0.3) is 6.08 Å². The summed E-state index contributed by atoms with van der Waals surface area (Å²) in [5, 5.41) is 0.000511. The number of sulfonamides is 1. The summed E-state index contributed by atoms with van der Waals surface area (Å²) in [7, 11) is -3.18. The van der Waals surface area contributed by atoms with Crippen LogP contribution in [0.3, 0.4) is 0 Å². The highest BCUT2D eigenvalue weighted by Crippen LogP contribution is 2.17. The second-order valence-electron chi connectivity index (χ2n) is 8.82. The fraction of sp³-hybridized carbons (Fsp3) is 0.565. The van der Waals surface area contributed by atoms with Gasteiger partial charge in [0.15, 0.2) is 0 Å². The van der Waals surface area contributed by atoms with Gasteiger partial charge in [-0.25, -0.2) is 17.5 Å². The van der Waals surface area contributed by atoms with E-state index in [0.29, 0.717) is 31.7 Å². The lowest BCUT2D eigenvalue weighted by Gasteiger charge is -2.32. The third-order valence-electron chi connectivity index (χ3n) is 6.13. The molecule has 2 fully saturated rings. The van der Waals surface area contributed by atoms with Gasteiger partial charge in [0.2, 0.25) is 21.8 Å². The predicted molar refractivity (Wildman–Crippen MR) is 130 cm³/mol. The number of benzene rings is 1. The minimum Gasteiger partial charge on any atom is -0.341 e. The van der Waals surface area contributed by atoms with E-state index in [1.165, 1.54) is 24.5 Å². The van der Waals surface area contributed by atoms with Gasteiger partial charge in [0.25, 0.3) is 0 Å². The maximum atomic E-state index is 13.3. The molecule has 0 aromatic heterocycles. The zero-order valence-electron chi connectivity index (χ0n) is 19.4. The normalized spacial score (nSPS) is 19.1. The molecule has 3 rings (SSSR count). The van der Waals surface area contributed by atoms with Crippen LogP contribution in [0.15, 0.2) is 24.3 Å². The molecule has 0 aliphatic carbocycles. The number of carbonyl (C=O) groups is 2. The highest BCUT2D eigenvalue weighted by Gasteiger charge is 2.24. The molecule has 1 aromatic rings. The molecule has 188 valence electrons. The number of hydrogen-bond acceptors (Lipinski definition) is 5.